The quantitative estimate of drug-likeness (QED) is 0.170. The van der Waals surface area contributed by atoms with Gasteiger partial charge in [0.15, 0.2) is 5.82 Å². The van der Waals surface area contributed by atoms with E-state index in [9.17, 15) is 0 Å². The molecule has 0 radical (unpaired) electrons. The predicted molar refractivity (Wildman–Crippen MR) is 242 cm³/mol. The highest BCUT2D eigenvalue weighted by Gasteiger charge is 2.40. The Morgan fingerprint density at radius 1 is 0.328 bits per heavy atom. The molecule has 2 nitrogen and oxygen atoms in total. The molecule has 0 aliphatic heterocycles. The van der Waals surface area contributed by atoms with Gasteiger partial charge < -0.3 is 0 Å². The van der Waals surface area contributed by atoms with Gasteiger partial charge in [0.1, 0.15) is 0 Å². The lowest BCUT2D eigenvalue weighted by Crippen LogP contribution is -2.22. The number of benzene rings is 9. The minimum absolute atomic E-state index is 0.273. The second kappa shape index (κ2) is 13.7. The van der Waals surface area contributed by atoms with Crippen LogP contribution in [0.1, 0.15) is 23.6 Å². The van der Waals surface area contributed by atoms with E-state index in [1.807, 2.05) is 0 Å². The van der Waals surface area contributed by atoms with E-state index in [0.29, 0.717) is 5.82 Å². The number of hydrogen-bond donors (Lipinski definition) is 0. The van der Waals surface area contributed by atoms with Gasteiger partial charge >= 0.3 is 0 Å². The van der Waals surface area contributed by atoms with Gasteiger partial charge in [0, 0.05) is 22.1 Å². The van der Waals surface area contributed by atoms with E-state index < -0.39 is 0 Å². The zero-order chi connectivity index (χ0) is 38.6. The van der Waals surface area contributed by atoms with E-state index in [2.05, 4.69) is 219 Å². The first-order valence-corrected chi connectivity index (χ1v) is 20.0. The van der Waals surface area contributed by atoms with Gasteiger partial charge in [-0.25, -0.2) is 9.97 Å². The lowest BCUT2D eigenvalue weighted by molar-refractivity contribution is 0.714. The summed E-state index contributed by atoms with van der Waals surface area (Å²) in [6, 6.07) is 76.5. The summed E-state index contributed by atoms with van der Waals surface area (Å²) < 4.78 is 0. The van der Waals surface area contributed by atoms with Crippen LogP contribution in [0, 0.1) is 0 Å². The van der Waals surface area contributed by atoms with Crippen molar-refractivity contribution in [2.75, 3.05) is 0 Å². The van der Waals surface area contributed by atoms with Gasteiger partial charge in [-0.05, 0) is 96.7 Å². The molecule has 1 aliphatic carbocycles. The summed E-state index contributed by atoms with van der Waals surface area (Å²) in [5.41, 5.74) is 16.0. The topological polar surface area (TPSA) is 25.8 Å². The van der Waals surface area contributed by atoms with Crippen molar-refractivity contribution in [2.45, 2.75) is 12.3 Å². The first-order chi connectivity index (χ1) is 28.6. The van der Waals surface area contributed by atoms with Crippen molar-refractivity contribution in [3.05, 3.63) is 229 Å². The first kappa shape index (κ1) is 33.9. The van der Waals surface area contributed by atoms with Crippen LogP contribution in [0.5, 0.6) is 0 Å². The van der Waals surface area contributed by atoms with Crippen molar-refractivity contribution in [2.24, 2.45) is 0 Å². The van der Waals surface area contributed by atoms with Crippen LogP contribution in [0.4, 0.5) is 0 Å². The van der Waals surface area contributed by atoms with Crippen molar-refractivity contribution < 1.29 is 0 Å². The second-order valence-corrected chi connectivity index (χ2v) is 15.4. The Balaban J connectivity index is 1.08. The molecule has 0 saturated carbocycles. The second-order valence-electron chi connectivity index (χ2n) is 15.4. The molecule has 9 aromatic carbocycles. The predicted octanol–water partition coefficient (Wildman–Crippen LogP) is 14.5. The lowest BCUT2D eigenvalue weighted by atomic mass is 9.74. The molecule has 1 atom stereocenters. The maximum atomic E-state index is 5.38. The largest absolute Gasteiger partial charge is 0.228 e. The van der Waals surface area contributed by atoms with Crippen molar-refractivity contribution in [1.82, 2.24) is 9.97 Å². The van der Waals surface area contributed by atoms with Crippen LogP contribution in [-0.4, -0.2) is 9.97 Å². The molecule has 0 bridgehead atoms. The van der Waals surface area contributed by atoms with Gasteiger partial charge in [0.2, 0.25) is 0 Å². The molecule has 0 spiro atoms. The molecule has 1 heterocycles. The SMILES string of the molecule is CC1(c2ccccc2)c2ccccc2-c2ccc(-c3ccc(-c4nc(-c5ccc(-c6ccccc6)cc5)cc(-c5cccc6ccccc56)n4)c4ccccc34)cc21. The van der Waals surface area contributed by atoms with Crippen molar-refractivity contribution >= 4 is 21.5 Å². The van der Waals surface area contributed by atoms with Gasteiger partial charge in [-0.3, -0.25) is 0 Å². The van der Waals surface area contributed by atoms with Crippen LogP contribution in [-0.2, 0) is 5.41 Å². The zero-order valence-corrected chi connectivity index (χ0v) is 32.1. The fraction of sp³-hybridized carbons (Fsp3) is 0.0357. The lowest BCUT2D eigenvalue weighted by Gasteiger charge is -2.28. The van der Waals surface area contributed by atoms with E-state index in [4.69, 9.17) is 9.97 Å². The van der Waals surface area contributed by atoms with E-state index in [1.165, 1.54) is 66.2 Å². The summed E-state index contributed by atoms with van der Waals surface area (Å²) in [6.07, 6.45) is 0. The van der Waals surface area contributed by atoms with Gasteiger partial charge in [-0.15, -0.1) is 0 Å². The van der Waals surface area contributed by atoms with E-state index in [0.717, 1.165) is 33.5 Å². The number of rotatable bonds is 6. The molecular weight excluding hydrogens is 701 g/mol. The standard InChI is InChI=1S/C56H38N2/c1-56(42-19-6-3-7-20-42)51-26-13-12-24-47(51)48-32-31-41(35-52(48)56)44-33-34-50(46-23-11-10-22-45(44)46)55-57-53(40-29-27-38(28-30-40)37-15-4-2-5-16-37)36-54(58-55)49-25-14-18-39-17-8-9-21-43(39)49/h2-36H,1H3. The number of aromatic nitrogens is 2. The molecule has 0 amide bonds. The fourth-order valence-electron chi connectivity index (χ4n) is 9.25. The summed E-state index contributed by atoms with van der Waals surface area (Å²) in [5, 5.41) is 4.64. The normalized spacial score (nSPS) is 14.4. The smallest absolute Gasteiger partial charge is 0.161 e. The Morgan fingerprint density at radius 2 is 0.862 bits per heavy atom. The monoisotopic (exact) mass is 738 g/mol. The molecule has 11 rings (SSSR count). The van der Waals surface area contributed by atoms with Crippen molar-refractivity contribution in [3.8, 4) is 67.3 Å². The minimum atomic E-state index is -0.273. The Hall–Kier alpha value is -7.42. The molecule has 1 aromatic heterocycles. The third-order valence-corrected chi connectivity index (χ3v) is 12.2. The highest BCUT2D eigenvalue weighted by molar-refractivity contribution is 6.05. The van der Waals surface area contributed by atoms with Crippen LogP contribution < -0.4 is 0 Å². The van der Waals surface area contributed by atoms with Gasteiger partial charge in [-0.2, -0.15) is 0 Å². The summed E-state index contributed by atoms with van der Waals surface area (Å²) in [5.74, 6) is 0.705. The molecule has 1 unspecified atom stereocenters. The van der Waals surface area contributed by atoms with Crippen LogP contribution >= 0.6 is 0 Å². The number of fused-ring (bicyclic) bond motifs is 5. The first-order valence-electron chi connectivity index (χ1n) is 20.0. The van der Waals surface area contributed by atoms with Crippen LogP contribution in [0.3, 0.4) is 0 Å². The highest BCUT2D eigenvalue weighted by atomic mass is 14.9. The molecule has 58 heavy (non-hydrogen) atoms. The summed E-state index contributed by atoms with van der Waals surface area (Å²) in [6.45, 7) is 2.38. The van der Waals surface area contributed by atoms with Crippen LogP contribution in [0.15, 0.2) is 212 Å². The Labute approximate surface area is 338 Å². The van der Waals surface area contributed by atoms with Gasteiger partial charge in [0.25, 0.3) is 0 Å². The van der Waals surface area contributed by atoms with E-state index >= 15 is 0 Å². The molecule has 0 fully saturated rings. The van der Waals surface area contributed by atoms with Crippen LogP contribution in [0.25, 0.3) is 88.8 Å². The van der Waals surface area contributed by atoms with E-state index in [1.54, 1.807) is 0 Å². The minimum Gasteiger partial charge on any atom is -0.228 e. The summed E-state index contributed by atoms with van der Waals surface area (Å²) in [7, 11) is 0. The maximum absolute atomic E-state index is 5.38. The molecule has 1 aliphatic rings. The maximum Gasteiger partial charge on any atom is 0.161 e. The van der Waals surface area contributed by atoms with Crippen LogP contribution in [0.2, 0.25) is 0 Å². The van der Waals surface area contributed by atoms with Gasteiger partial charge in [-0.1, -0.05) is 194 Å². The van der Waals surface area contributed by atoms with Gasteiger partial charge in [0.05, 0.1) is 11.4 Å². The summed E-state index contributed by atoms with van der Waals surface area (Å²) >= 11 is 0. The summed E-state index contributed by atoms with van der Waals surface area (Å²) in [4.78, 5) is 10.7. The molecule has 272 valence electrons. The third kappa shape index (κ3) is 5.49. The average Bonchev–Trinajstić information content (AvgIpc) is 3.56. The number of hydrogen-bond acceptors (Lipinski definition) is 2. The third-order valence-electron chi connectivity index (χ3n) is 12.2. The fourth-order valence-corrected chi connectivity index (χ4v) is 9.25. The van der Waals surface area contributed by atoms with Crippen molar-refractivity contribution in [1.29, 1.82) is 0 Å². The van der Waals surface area contributed by atoms with Crippen molar-refractivity contribution in [3.63, 3.8) is 0 Å². The molecule has 2 heteroatoms. The molecular formula is C56H38N2. The zero-order valence-electron chi connectivity index (χ0n) is 32.1. The number of nitrogens with zero attached hydrogens (tertiary/aromatic N) is 2. The molecule has 0 saturated heterocycles. The Kier molecular flexibility index (Phi) is 7.97. The highest BCUT2D eigenvalue weighted by Crippen LogP contribution is 2.53. The average molecular weight is 739 g/mol. The molecule has 0 N–H and O–H groups in total. The Bertz CT molecular complexity index is 3160. The Morgan fingerprint density at radius 3 is 1.67 bits per heavy atom. The molecule has 10 aromatic rings. The van der Waals surface area contributed by atoms with E-state index in [-0.39, 0.29) is 5.41 Å².